The molecule has 1 saturated heterocycles. The van der Waals surface area contributed by atoms with Gasteiger partial charge in [-0.25, -0.2) is 13.2 Å². The van der Waals surface area contributed by atoms with Crippen LogP contribution in [-0.4, -0.2) is 35.1 Å². The minimum atomic E-state index is -1.74. The number of thioether (sulfide) groups is 1. The SMILES string of the molecule is CCOc1ccc(/C=C2\SC(=O)N(CC(=O)Nc3ccc(F)c(F)c3F)C2=O)cc1Br. The second-order valence-electron chi connectivity index (χ2n) is 6.16. The lowest BCUT2D eigenvalue weighted by Crippen LogP contribution is -2.36. The van der Waals surface area contributed by atoms with Crippen LogP contribution in [0.1, 0.15) is 12.5 Å². The molecule has 3 rings (SSSR count). The van der Waals surface area contributed by atoms with Crippen LogP contribution in [0.3, 0.4) is 0 Å². The summed E-state index contributed by atoms with van der Waals surface area (Å²) in [5, 5.41) is 1.33. The number of ether oxygens (including phenoxy) is 1. The van der Waals surface area contributed by atoms with Gasteiger partial charge in [-0.1, -0.05) is 6.07 Å². The van der Waals surface area contributed by atoms with Crippen molar-refractivity contribution >= 4 is 56.5 Å². The largest absolute Gasteiger partial charge is 0.493 e. The molecule has 6 nitrogen and oxygen atoms in total. The standard InChI is InChI=1S/C20H14BrF3N2O4S/c1-2-30-14-6-3-10(7-11(14)21)8-15-19(28)26(20(29)31-15)9-16(27)25-13-5-4-12(22)17(23)18(13)24/h3-8H,2,9H2,1H3,(H,25,27)/b15-8-. The van der Waals surface area contributed by atoms with Gasteiger partial charge in [0, 0.05) is 0 Å². The van der Waals surface area contributed by atoms with Gasteiger partial charge in [0.2, 0.25) is 5.91 Å². The van der Waals surface area contributed by atoms with E-state index in [4.69, 9.17) is 4.74 Å². The number of hydrogen-bond acceptors (Lipinski definition) is 5. The van der Waals surface area contributed by atoms with Crippen LogP contribution in [0.25, 0.3) is 6.08 Å². The summed E-state index contributed by atoms with van der Waals surface area (Å²) in [5.74, 6) is -5.77. The molecule has 31 heavy (non-hydrogen) atoms. The molecule has 0 aromatic heterocycles. The van der Waals surface area contributed by atoms with Crippen molar-refractivity contribution in [2.24, 2.45) is 0 Å². The van der Waals surface area contributed by atoms with E-state index in [1.165, 1.54) is 6.08 Å². The quantitative estimate of drug-likeness (QED) is 0.436. The third-order valence-corrected chi connectivity index (χ3v) is 5.57. The predicted octanol–water partition coefficient (Wildman–Crippen LogP) is 4.94. The molecular formula is C20H14BrF3N2O4S. The summed E-state index contributed by atoms with van der Waals surface area (Å²) < 4.78 is 46.1. The van der Waals surface area contributed by atoms with Crippen molar-refractivity contribution in [1.82, 2.24) is 4.90 Å². The Bertz CT molecular complexity index is 1110. The number of hydrogen-bond donors (Lipinski definition) is 1. The van der Waals surface area contributed by atoms with Crippen molar-refractivity contribution in [3.8, 4) is 5.75 Å². The van der Waals surface area contributed by atoms with Crippen LogP contribution in [0.2, 0.25) is 0 Å². The van der Waals surface area contributed by atoms with Crippen LogP contribution in [0.5, 0.6) is 5.75 Å². The molecule has 11 heteroatoms. The first-order chi connectivity index (χ1) is 14.7. The average Bonchev–Trinajstić information content (AvgIpc) is 2.98. The van der Waals surface area contributed by atoms with E-state index in [2.05, 4.69) is 15.9 Å². The number of carbonyl (C=O) groups excluding carboxylic acids is 3. The molecule has 3 amide bonds. The van der Waals surface area contributed by atoms with Crippen LogP contribution in [-0.2, 0) is 9.59 Å². The number of halogens is 4. The zero-order chi connectivity index (χ0) is 22.7. The van der Waals surface area contributed by atoms with E-state index >= 15 is 0 Å². The fourth-order valence-electron chi connectivity index (χ4n) is 2.62. The van der Waals surface area contributed by atoms with Gasteiger partial charge in [-0.05, 0) is 70.5 Å². The molecule has 0 atom stereocenters. The number of benzene rings is 2. The summed E-state index contributed by atoms with van der Waals surface area (Å²) >= 11 is 4.00. The number of nitrogens with one attached hydrogen (secondary N) is 1. The van der Waals surface area contributed by atoms with Gasteiger partial charge in [0.05, 0.1) is 21.7 Å². The highest BCUT2D eigenvalue weighted by Crippen LogP contribution is 2.34. The van der Waals surface area contributed by atoms with Gasteiger partial charge in [0.1, 0.15) is 12.3 Å². The molecule has 1 fully saturated rings. The van der Waals surface area contributed by atoms with Gasteiger partial charge in [-0.2, -0.15) is 0 Å². The monoisotopic (exact) mass is 514 g/mol. The molecule has 162 valence electrons. The van der Waals surface area contributed by atoms with Crippen molar-refractivity contribution in [1.29, 1.82) is 0 Å². The number of anilines is 1. The molecule has 0 aliphatic carbocycles. The Balaban J connectivity index is 1.71. The molecule has 0 unspecified atom stereocenters. The average molecular weight is 515 g/mol. The lowest BCUT2D eigenvalue weighted by Gasteiger charge is -2.13. The van der Waals surface area contributed by atoms with Crippen molar-refractivity contribution in [2.45, 2.75) is 6.92 Å². The lowest BCUT2D eigenvalue weighted by atomic mass is 10.2. The Hall–Kier alpha value is -2.79. The van der Waals surface area contributed by atoms with E-state index in [1.54, 1.807) is 18.2 Å². The Labute approximate surface area is 187 Å². The maximum atomic E-state index is 13.7. The summed E-state index contributed by atoms with van der Waals surface area (Å²) in [4.78, 5) is 37.6. The number of amides is 3. The summed E-state index contributed by atoms with van der Waals surface area (Å²) in [7, 11) is 0. The highest BCUT2D eigenvalue weighted by atomic mass is 79.9. The summed E-state index contributed by atoms with van der Waals surface area (Å²) in [5.41, 5.74) is 0.0137. The zero-order valence-corrected chi connectivity index (χ0v) is 18.3. The smallest absolute Gasteiger partial charge is 0.294 e. The first-order valence-electron chi connectivity index (χ1n) is 8.82. The van der Waals surface area contributed by atoms with Gasteiger partial charge in [0.25, 0.3) is 11.1 Å². The molecular weight excluding hydrogens is 501 g/mol. The molecule has 2 aromatic carbocycles. The van der Waals surface area contributed by atoms with Crippen molar-refractivity contribution in [3.63, 3.8) is 0 Å². The van der Waals surface area contributed by atoms with Crippen molar-refractivity contribution in [3.05, 3.63) is 62.7 Å². The minimum Gasteiger partial charge on any atom is -0.493 e. The van der Waals surface area contributed by atoms with Gasteiger partial charge >= 0.3 is 0 Å². The van der Waals surface area contributed by atoms with E-state index in [0.717, 1.165) is 6.07 Å². The fraction of sp³-hybridized carbons (Fsp3) is 0.150. The van der Waals surface area contributed by atoms with E-state index < -0.39 is 46.7 Å². The first-order valence-corrected chi connectivity index (χ1v) is 10.4. The van der Waals surface area contributed by atoms with Crippen LogP contribution in [0, 0.1) is 17.5 Å². The molecule has 1 aliphatic heterocycles. The summed E-state index contributed by atoms with van der Waals surface area (Å²) in [6.45, 7) is 1.61. The fourth-order valence-corrected chi connectivity index (χ4v) is 3.97. The third kappa shape index (κ3) is 5.10. The summed E-state index contributed by atoms with van der Waals surface area (Å²) in [6, 6.07) is 6.59. The number of nitrogens with zero attached hydrogens (tertiary/aromatic N) is 1. The van der Waals surface area contributed by atoms with Crippen molar-refractivity contribution < 1.29 is 32.3 Å². The van der Waals surface area contributed by atoms with Crippen LogP contribution >= 0.6 is 27.7 Å². The third-order valence-electron chi connectivity index (χ3n) is 4.04. The van der Waals surface area contributed by atoms with Gasteiger partial charge in [0.15, 0.2) is 17.5 Å². The maximum Gasteiger partial charge on any atom is 0.294 e. The van der Waals surface area contributed by atoms with Crippen LogP contribution < -0.4 is 10.1 Å². The number of imide groups is 1. The predicted molar refractivity (Wildman–Crippen MR) is 113 cm³/mol. The first kappa shape index (κ1) is 22.9. The van der Waals surface area contributed by atoms with Crippen molar-refractivity contribution in [2.75, 3.05) is 18.5 Å². The Morgan fingerprint density at radius 2 is 1.94 bits per heavy atom. The van der Waals surface area contributed by atoms with Gasteiger partial charge in [-0.3, -0.25) is 19.3 Å². The Morgan fingerprint density at radius 1 is 1.19 bits per heavy atom. The maximum absolute atomic E-state index is 13.7. The molecule has 0 bridgehead atoms. The molecule has 1 N–H and O–H groups in total. The highest BCUT2D eigenvalue weighted by Gasteiger charge is 2.36. The second kappa shape index (κ2) is 9.56. The van der Waals surface area contributed by atoms with E-state index in [-0.39, 0.29) is 4.91 Å². The normalized spacial score (nSPS) is 15.0. The van der Waals surface area contributed by atoms with E-state index in [9.17, 15) is 27.6 Å². The van der Waals surface area contributed by atoms with E-state index in [1.807, 2.05) is 12.2 Å². The Morgan fingerprint density at radius 3 is 2.61 bits per heavy atom. The van der Waals surface area contributed by atoms with Gasteiger partial charge < -0.3 is 10.1 Å². The van der Waals surface area contributed by atoms with Gasteiger partial charge in [-0.15, -0.1) is 0 Å². The molecule has 1 heterocycles. The topological polar surface area (TPSA) is 75.7 Å². The summed E-state index contributed by atoms with van der Waals surface area (Å²) in [6.07, 6.45) is 1.48. The second-order valence-corrected chi connectivity index (χ2v) is 8.01. The zero-order valence-electron chi connectivity index (χ0n) is 15.9. The van der Waals surface area contributed by atoms with E-state index in [0.29, 0.717) is 45.1 Å². The highest BCUT2D eigenvalue weighted by molar-refractivity contribution is 9.10. The van der Waals surface area contributed by atoms with Crippen LogP contribution in [0.15, 0.2) is 39.7 Å². The number of rotatable bonds is 6. The Kier molecular flexibility index (Phi) is 7.06. The molecule has 1 aliphatic rings. The minimum absolute atomic E-state index is 0.0906. The number of carbonyl (C=O) groups is 3. The molecule has 0 radical (unpaired) electrons. The molecule has 0 saturated carbocycles. The van der Waals surface area contributed by atoms with Crippen LogP contribution in [0.4, 0.5) is 23.7 Å². The molecule has 0 spiro atoms. The molecule has 2 aromatic rings. The lowest BCUT2D eigenvalue weighted by molar-refractivity contribution is -0.127.